The topological polar surface area (TPSA) is 95.9 Å². The molecule has 2 N–H and O–H groups in total. The van der Waals surface area contributed by atoms with E-state index in [-0.39, 0.29) is 13.0 Å². The van der Waals surface area contributed by atoms with Crippen LogP contribution in [0.4, 0.5) is 5.69 Å². The number of nitrogens with one attached hydrogen (secondary N) is 1. The minimum atomic E-state index is -3.80. The van der Waals surface area contributed by atoms with Crippen molar-refractivity contribution in [3.63, 3.8) is 0 Å². The number of hydrogen-bond donors (Lipinski definition) is 2. The van der Waals surface area contributed by atoms with E-state index in [4.69, 9.17) is 9.84 Å². The summed E-state index contributed by atoms with van der Waals surface area (Å²) in [6.45, 7) is -0.113. The molecule has 0 fully saturated rings. The minimum absolute atomic E-state index is 0.113. The molecule has 0 amide bonds. The minimum Gasteiger partial charge on any atom is -0.495 e. The van der Waals surface area contributed by atoms with Gasteiger partial charge in [0.2, 0.25) is 0 Å². The van der Waals surface area contributed by atoms with Gasteiger partial charge in [-0.15, -0.1) is 0 Å². The molecule has 0 aliphatic carbocycles. The molecular formula is C11H15BrN2O5S. The van der Waals surface area contributed by atoms with Crippen molar-refractivity contribution in [2.24, 2.45) is 0 Å². The normalized spacial score (nSPS) is 11.4. The fraction of sp³-hybridized carbons (Fsp3) is 0.364. The number of nitrogens with zero attached hydrogens (tertiary/aromatic N) is 1. The van der Waals surface area contributed by atoms with E-state index in [1.165, 1.54) is 20.2 Å². The molecule has 0 saturated carbocycles. The second-order valence-corrected chi connectivity index (χ2v) is 6.55. The number of carbonyl (C=O) groups is 1. The lowest BCUT2D eigenvalue weighted by molar-refractivity contribution is -0.137. The highest BCUT2D eigenvalue weighted by Crippen LogP contribution is 2.28. The molecule has 0 radical (unpaired) electrons. The van der Waals surface area contributed by atoms with E-state index in [0.29, 0.717) is 15.9 Å². The number of carboxylic acid groups (broad SMARTS) is 1. The first-order chi connectivity index (χ1) is 9.26. The summed E-state index contributed by atoms with van der Waals surface area (Å²) in [7, 11) is -1.02. The summed E-state index contributed by atoms with van der Waals surface area (Å²) in [6.07, 6.45) is -0.263. The van der Waals surface area contributed by atoms with E-state index in [2.05, 4.69) is 20.7 Å². The van der Waals surface area contributed by atoms with Crippen LogP contribution in [0.15, 0.2) is 22.7 Å². The van der Waals surface area contributed by atoms with Crippen LogP contribution in [0.5, 0.6) is 5.75 Å². The highest BCUT2D eigenvalue weighted by atomic mass is 79.9. The molecule has 0 heterocycles. The van der Waals surface area contributed by atoms with Crippen LogP contribution in [0.2, 0.25) is 0 Å². The third-order valence-electron chi connectivity index (χ3n) is 2.45. The molecule has 0 atom stereocenters. The number of rotatable bonds is 7. The Kier molecular flexibility index (Phi) is 5.78. The summed E-state index contributed by atoms with van der Waals surface area (Å²) >= 11 is 3.26. The Hall–Kier alpha value is -1.32. The maximum Gasteiger partial charge on any atom is 0.304 e. The lowest BCUT2D eigenvalue weighted by Crippen LogP contribution is -2.34. The van der Waals surface area contributed by atoms with Gasteiger partial charge in [0.1, 0.15) is 5.75 Å². The zero-order valence-corrected chi connectivity index (χ0v) is 13.4. The fourth-order valence-electron chi connectivity index (χ4n) is 1.32. The number of aliphatic carboxylic acids is 1. The number of anilines is 1. The van der Waals surface area contributed by atoms with E-state index in [9.17, 15) is 13.2 Å². The van der Waals surface area contributed by atoms with E-state index >= 15 is 0 Å². The van der Waals surface area contributed by atoms with Crippen molar-refractivity contribution < 1.29 is 23.1 Å². The van der Waals surface area contributed by atoms with Crippen molar-refractivity contribution in [2.75, 3.05) is 25.4 Å². The van der Waals surface area contributed by atoms with E-state index < -0.39 is 16.2 Å². The highest BCUT2D eigenvalue weighted by Gasteiger charge is 2.18. The van der Waals surface area contributed by atoms with Crippen LogP contribution >= 0.6 is 15.9 Å². The number of methoxy groups -OCH3 is 1. The van der Waals surface area contributed by atoms with Gasteiger partial charge in [0.05, 0.1) is 23.7 Å². The lowest BCUT2D eigenvalue weighted by atomic mass is 10.3. The van der Waals surface area contributed by atoms with Crippen molar-refractivity contribution in [1.29, 1.82) is 0 Å². The predicted octanol–water partition coefficient (Wildman–Crippen LogP) is 1.52. The van der Waals surface area contributed by atoms with Gasteiger partial charge in [0.15, 0.2) is 0 Å². The predicted molar refractivity (Wildman–Crippen MR) is 78.1 cm³/mol. The monoisotopic (exact) mass is 366 g/mol. The van der Waals surface area contributed by atoms with Gasteiger partial charge in [0.25, 0.3) is 0 Å². The third kappa shape index (κ3) is 4.66. The average Bonchev–Trinajstić information content (AvgIpc) is 2.37. The highest BCUT2D eigenvalue weighted by molar-refractivity contribution is 9.10. The van der Waals surface area contributed by atoms with Gasteiger partial charge in [-0.1, -0.05) is 0 Å². The van der Waals surface area contributed by atoms with Crippen molar-refractivity contribution in [3.8, 4) is 5.75 Å². The maximum atomic E-state index is 12.0. The quantitative estimate of drug-likeness (QED) is 0.762. The molecule has 0 aliphatic rings. The van der Waals surface area contributed by atoms with Crippen LogP contribution < -0.4 is 9.46 Å². The van der Waals surface area contributed by atoms with E-state index in [1.54, 1.807) is 12.1 Å². The largest absolute Gasteiger partial charge is 0.495 e. The second-order valence-electron chi connectivity index (χ2n) is 3.92. The Balaban J connectivity index is 2.82. The summed E-state index contributed by atoms with van der Waals surface area (Å²) in [5.74, 6) is -0.573. The van der Waals surface area contributed by atoms with Crippen molar-refractivity contribution >= 4 is 37.8 Å². The average molecular weight is 367 g/mol. The first-order valence-corrected chi connectivity index (χ1v) is 7.79. The zero-order chi connectivity index (χ0) is 15.3. The van der Waals surface area contributed by atoms with Crippen molar-refractivity contribution in [3.05, 3.63) is 22.7 Å². The van der Waals surface area contributed by atoms with E-state index in [1.807, 2.05) is 0 Å². The van der Waals surface area contributed by atoms with Gasteiger partial charge in [-0.25, -0.2) is 0 Å². The van der Waals surface area contributed by atoms with Crippen LogP contribution in [0.1, 0.15) is 6.42 Å². The van der Waals surface area contributed by atoms with Crippen LogP contribution in [0.3, 0.4) is 0 Å². The maximum absolute atomic E-state index is 12.0. The molecule has 0 aliphatic heterocycles. The molecule has 1 aromatic carbocycles. The second kappa shape index (κ2) is 6.91. The van der Waals surface area contributed by atoms with Crippen LogP contribution in [0.25, 0.3) is 0 Å². The number of ether oxygens (including phenoxy) is 1. The van der Waals surface area contributed by atoms with Gasteiger partial charge in [-0.05, 0) is 28.1 Å². The van der Waals surface area contributed by atoms with Crippen LogP contribution in [-0.4, -0.2) is 44.5 Å². The third-order valence-corrected chi connectivity index (χ3v) is 4.60. The zero-order valence-electron chi connectivity index (χ0n) is 11.0. The Labute approximate surface area is 125 Å². The lowest BCUT2D eigenvalue weighted by Gasteiger charge is -2.18. The Bertz CT molecular complexity index is 590. The van der Waals surface area contributed by atoms with Crippen molar-refractivity contribution in [1.82, 2.24) is 4.31 Å². The summed E-state index contributed by atoms with van der Waals surface area (Å²) in [6, 6.07) is 4.73. The first kappa shape index (κ1) is 16.7. The van der Waals surface area contributed by atoms with Crippen LogP contribution in [0, 0.1) is 0 Å². The number of halogens is 1. The molecule has 1 aromatic rings. The number of benzene rings is 1. The molecule has 0 bridgehead atoms. The molecule has 20 heavy (non-hydrogen) atoms. The Morgan fingerprint density at radius 1 is 1.50 bits per heavy atom. The summed E-state index contributed by atoms with van der Waals surface area (Å²) in [4.78, 5) is 10.4. The molecular weight excluding hydrogens is 352 g/mol. The standard InChI is InChI=1S/C11H15BrN2O5S/c1-14(6-5-11(15)16)20(17,18)13-8-3-4-9(12)10(7-8)19-2/h3-4,7,13H,5-6H2,1-2H3,(H,15,16). The van der Waals surface area contributed by atoms with Gasteiger partial charge in [-0.3, -0.25) is 9.52 Å². The number of hydrogen-bond acceptors (Lipinski definition) is 4. The number of carboxylic acids is 1. The summed E-state index contributed by atoms with van der Waals surface area (Å²) < 4.78 is 33.0. The molecule has 0 unspecified atom stereocenters. The molecule has 0 saturated heterocycles. The molecule has 0 aromatic heterocycles. The molecule has 0 spiro atoms. The van der Waals surface area contributed by atoms with E-state index in [0.717, 1.165) is 4.31 Å². The van der Waals surface area contributed by atoms with Gasteiger partial charge >= 0.3 is 16.2 Å². The Morgan fingerprint density at radius 3 is 2.70 bits per heavy atom. The van der Waals surface area contributed by atoms with Gasteiger partial charge in [-0.2, -0.15) is 12.7 Å². The SMILES string of the molecule is COc1cc(NS(=O)(=O)N(C)CCC(=O)O)ccc1Br. The van der Waals surface area contributed by atoms with Crippen LogP contribution in [-0.2, 0) is 15.0 Å². The first-order valence-electron chi connectivity index (χ1n) is 5.55. The van der Waals surface area contributed by atoms with Crippen molar-refractivity contribution in [2.45, 2.75) is 6.42 Å². The molecule has 112 valence electrons. The molecule has 9 heteroatoms. The molecule has 7 nitrogen and oxygen atoms in total. The Morgan fingerprint density at radius 2 is 2.15 bits per heavy atom. The summed E-state index contributed by atoms with van der Waals surface area (Å²) in [5, 5.41) is 8.55. The van der Waals surface area contributed by atoms with Gasteiger partial charge in [0, 0.05) is 19.7 Å². The fourth-order valence-corrected chi connectivity index (χ4v) is 2.64. The van der Waals surface area contributed by atoms with Gasteiger partial charge < -0.3 is 9.84 Å². The molecule has 1 rings (SSSR count). The summed E-state index contributed by atoms with van der Waals surface area (Å²) in [5.41, 5.74) is 0.326. The smallest absolute Gasteiger partial charge is 0.304 e.